The average Bonchev–Trinajstić information content (AvgIpc) is 2.60. The summed E-state index contributed by atoms with van der Waals surface area (Å²) in [4.78, 5) is 25.9. The Morgan fingerprint density at radius 1 is 1.12 bits per heavy atom. The van der Waals surface area contributed by atoms with Crippen LogP contribution in [0.2, 0.25) is 0 Å². The molecule has 7 heteroatoms. The maximum Gasteiger partial charge on any atom is 0.410 e. The first-order valence-electron chi connectivity index (χ1n) is 8.50. The number of rotatable bonds is 5. The van der Waals surface area contributed by atoms with Gasteiger partial charge in [0.2, 0.25) is 0 Å². The molecular weight excluding hydrogens is 326 g/mol. The molecule has 1 N–H and O–H groups in total. The minimum absolute atomic E-state index is 0.0947. The van der Waals surface area contributed by atoms with Crippen LogP contribution in [0.4, 0.5) is 4.79 Å². The Bertz CT molecular complexity index is 578. The van der Waals surface area contributed by atoms with Gasteiger partial charge in [-0.3, -0.25) is 9.69 Å². The predicted molar refractivity (Wildman–Crippen MR) is 87.4 cm³/mol. The van der Waals surface area contributed by atoms with E-state index < -0.39 is 12.8 Å². The van der Waals surface area contributed by atoms with E-state index in [1.54, 1.807) is 4.90 Å². The molecule has 3 rings (SSSR count). The van der Waals surface area contributed by atoms with E-state index in [2.05, 4.69) is 4.74 Å². The summed E-state index contributed by atoms with van der Waals surface area (Å²) in [5.41, 5.74) is 0.943. The highest BCUT2D eigenvalue weighted by Crippen LogP contribution is 2.34. The quantitative estimate of drug-likeness (QED) is 0.643. The highest BCUT2D eigenvalue weighted by atomic mass is 16.6. The fraction of sp³-hybridized carbons (Fsp3) is 0.556. The first-order valence-corrected chi connectivity index (χ1v) is 8.50. The Kier molecular flexibility index (Phi) is 5.88. The van der Waals surface area contributed by atoms with Gasteiger partial charge in [-0.25, -0.2) is 4.79 Å². The van der Waals surface area contributed by atoms with E-state index in [-0.39, 0.29) is 37.1 Å². The van der Waals surface area contributed by atoms with Crippen molar-refractivity contribution in [2.45, 2.75) is 38.0 Å². The molecule has 0 aliphatic carbocycles. The van der Waals surface area contributed by atoms with Crippen LogP contribution in [0, 0.1) is 5.92 Å². The molecule has 2 unspecified atom stereocenters. The second kappa shape index (κ2) is 8.31. The SMILES string of the molecule is O=C(CC1CC2COCC(C1)N2C(=O)OCc1ccccc1)OCO. The molecular formula is C18H23NO6. The summed E-state index contributed by atoms with van der Waals surface area (Å²) in [6.45, 7) is 0.535. The largest absolute Gasteiger partial charge is 0.445 e. The van der Waals surface area contributed by atoms with Crippen molar-refractivity contribution >= 4 is 12.1 Å². The third-order valence-corrected chi connectivity index (χ3v) is 4.71. The minimum atomic E-state index is -0.598. The van der Waals surface area contributed by atoms with E-state index >= 15 is 0 Å². The molecule has 0 spiro atoms. The van der Waals surface area contributed by atoms with Crippen molar-refractivity contribution in [3.05, 3.63) is 35.9 Å². The van der Waals surface area contributed by atoms with Crippen LogP contribution >= 0.6 is 0 Å². The summed E-state index contributed by atoms with van der Waals surface area (Å²) in [5, 5.41) is 8.66. The Morgan fingerprint density at radius 3 is 2.44 bits per heavy atom. The molecule has 2 atom stereocenters. The van der Waals surface area contributed by atoms with Gasteiger partial charge in [-0.05, 0) is 24.3 Å². The first kappa shape index (κ1) is 17.7. The van der Waals surface area contributed by atoms with Crippen LogP contribution in [-0.2, 0) is 25.6 Å². The number of benzene rings is 1. The highest BCUT2D eigenvalue weighted by Gasteiger charge is 2.43. The van der Waals surface area contributed by atoms with Gasteiger partial charge < -0.3 is 19.3 Å². The number of amides is 1. The van der Waals surface area contributed by atoms with E-state index in [0.717, 1.165) is 5.56 Å². The van der Waals surface area contributed by atoms with Crippen molar-refractivity contribution < 1.29 is 28.9 Å². The topological polar surface area (TPSA) is 85.3 Å². The van der Waals surface area contributed by atoms with Crippen molar-refractivity contribution in [3.63, 3.8) is 0 Å². The first-order chi connectivity index (χ1) is 12.2. The molecule has 2 aliphatic heterocycles. The number of nitrogens with zero attached hydrogens (tertiary/aromatic N) is 1. The maximum atomic E-state index is 12.5. The molecule has 25 heavy (non-hydrogen) atoms. The van der Waals surface area contributed by atoms with Gasteiger partial charge in [-0.15, -0.1) is 0 Å². The Morgan fingerprint density at radius 2 is 1.80 bits per heavy atom. The molecule has 2 aliphatic rings. The summed E-state index contributed by atoms with van der Waals surface area (Å²) >= 11 is 0. The van der Waals surface area contributed by atoms with Crippen LogP contribution in [0.15, 0.2) is 30.3 Å². The van der Waals surface area contributed by atoms with Crippen molar-refractivity contribution in [3.8, 4) is 0 Å². The lowest BCUT2D eigenvalue weighted by Crippen LogP contribution is -2.59. The molecule has 0 saturated carbocycles. The molecule has 1 amide bonds. The Balaban J connectivity index is 1.57. The Labute approximate surface area is 146 Å². The number of piperidine rings is 1. The van der Waals surface area contributed by atoms with E-state index in [0.29, 0.717) is 26.1 Å². The number of hydrogen-bond acceptors (Lipinski definition) is 6. The highest BCUT2D eigenvalue weighted by molar-refractivity contribution is 5.70. The molecule has 2 bridgehead atoms. The molecule has 2 saturated heterocycles. The van der Waals surface area contributed by atoms with Crippen LogP contribution in [-0.4, -0.2) is 54.2 Å². The van der Waals surface area contributed by atoms with Gasteiger partial charge in [0, 0.05) is 6.42 Å². The van der Waals surface area contributed by atoms with Gasteiger partial charge >= 0.3 is 12.1 Å². The molecule has 136 valence electrons. The second-order valence-corrected chi connectivity index (χ2v) is 6.48. The molecule has 0 radical (unpaired) electrons. The van der Waals surface area contributed by atoms with E-state index in [1.165, 1.54) is 0 Å². The van der Waals surface area contributed by atoms with Crippen molar-refractivity contribution in [1.82, 2.24) is 4.90 Å². The summed E-state index contributed by atoms with van der Waals surface area (Å²) in [6.07, 6.45) is 1.24. The van der Waals surface area contributed by atoms with Gasteiger partial charge in [-0.2, -0.15) is 0 Å². The second-order valence-electron chi connectivity index (χ2n) is 6.48. The lowest BCUT2D eigenvalue weighted by Gasteiger charge is -2.47. The molecule has 2 heterocycles. The van der Waals surface area contributed by atoms with Gasteiger partial charge in [0.1, 0.15) is 6.61 Å². The van der Waals surface area contributed by atoms with Crippen LogP contribution in [0.3, 0.4) is 0 Å². The third kappa shape index (κ3) is 4.49. The number of aliphatic hydroxyl groups excluding tert-OH is 1. The molecule has 1 aromatic carbocycles. The van der Waals surface area contributed by atoms with E-state index in [1.807, 2.05) is 30.3 Å². The van der Waals surface area contributed by atoms with Crippen molar-refractivity contribution in [2.24, 2.45) is 5.92 Å². The molecule has 7 nitrogen and oxygen atoms in total. The minimum Gasteiger partial charge on any atom is -0.445 e. The smallest absolute Gasteiger partial charge is 0.410 e. The van der Waals surface area contributed by atoms with Crippen LogP contribution in [0.25, 0.3) is 0 Å². The maximum absolute atomic E-state index is 12.5. The van der Waals surface area contributed by atoms with Gasteiger partial charge in [0.15, 0.2) is 6.79 Å². The zero-order chi connectivity index (χ0) is 17.6. The number of ether oxygens (including phenoxy) is 3. The van der Waals surface area contributed by atoms with Crippen molar-refractivity contribution in [2.75, 3.05) is 20.0 Å². The normalized spacial score (nSPS) is 25.3. The van der Waals surface area contributed by atoms with Crippen LogP contribution in [0.5, 0.6) is 0 Å². The summed E-state index contributed by atoms with van der Waals surface area (Å²) in [6, 6.07) is 9.36. The van der Waals surface area contributed by atoms with Gasteiger partial charge in [0.25, 0.3) is 0 Å². The number of esters is 1. The standard InChI is InChI=1S/C18H23NO6/c20-12-25-17(21)8-14-6-15-10-23-11-16(7-14)19(15)18(22)24-9-13-4-2-1-3-5-13/h1-5,14-16,20H,6-12H2. The number of fused-ring (bicyclic) bond motifs is 2. The van der Waals surface area contributed by atoms with E-state index in [9.17, 15) is 9.59 Å². The van der Waals surface area contributed by atoms with Gasteiger partial charge in [0.05, 0.1) is 25.3 Å². The number of morpholine rings is 1. The van der Waals surface area contributed by atoms with Crippen molar-refractivity contribution in [1.29, 1.82) is 0 Å². The van der Waals surface area contributed by atoms with Crippen LogP contribution in [0.1, 0.15) is 24.8 Å². The van der Waals surface area contributed by atoms with Crippen LogP contribution < -0.4 is 0 Å². The Hall–Kier alpha value is -2.12. The number of carbonyl (C=O) groups is 2. The summed E-state index contributed by atoms with van der Waals surface area (Å²) in [7, 11) is 0. The number of hydrogen-bond donors (Lipinski definition) is 1. The fourth-order valence-electron chi connectivity index (χ4n) is 3.65. The zero-order valence-corrected chi connectivity index (χ0v) is 14.0. The number of carbonyl (C=O) groups excluding carboxylic acids is 2. The molecule has 0 aromatic heterocycles. The lowest BCUT2D eigenvalue weighted by molar-refractivity contribution is -0.154. The third-order valence-electron chi connectivity index (χ3n) is 4.71. The lowest BCUT2D eigenvalue weighted by atomic mass is 9.83. The molecule has 2 fully saturated rings. The average molecular weight is 349 g/mol. The fourth-order valence-corrected chi connectivity index (χ4v) is 3.65. The van der Waals surface area contributed by atoms with E-state index in [4.69, 9.17) is 14.6 Å². The summed E-state index contributed by atoms with van der Waals surface area (Å²) < 4.78 is 15.6. The van der Waals surface area contributed by atoms with Gasteiger partial charge in [-0.1, -0.05) is 30.3 Å². The zero-order valence-electron chi connectivity index (χ0n) is 14.0. The number of aliphatic hydroxyl groups is 1. The monoisotopic (exact) mass is 349 g/mol. The summed E-state index contributed by atoms with van der Waals surface area (Å²) in [5.74, 6) is -0.289. The predicted octanol–water partition coefficient (Wildman–Crippen LogP) is 1.69. The molecule has 1 aromatic rings.